The minimum Gasteiger partial charge on any atom is -0.294 e. The highest BCUT2D eigenvalue weighted by atomic mass is 35.5. The van der Waals surface area contributed by atoms with E-state index in [1.165, 1.54) is 24.3 Å². The van der Waals surface area contributed by atoms with E-state index in [1.54, 1.807) is 18.2 Å². The second-order valence-corrected chi connectivity index (χ2v) is 7.43. The lowest BCUT2D eigenvalue weighted by molar-refractivity contribution is 0.0993. The summed E-state index contributed by atoms with van der Waals surface area (Å²) in [6, 6.07) is 10.9. The quantitative estimate of drug-likeness (QED) is 0.793. The molecule has 0 radical (unpaired) electrons. The zero-order valence-corrected chi connectivity index (χ0v) is 13.5. The molecular weight excluding hydrogens is 331 g/mol. The highest BCUT2D eigenvalue weighted by Gasteiger charge is 2.14. The van der Waals surface area contributed by atoms with Gasteiger partial charge in [0.1, 0.15) is 0 Å². The third-order valence-corrected chi connectivity index (χ3v) is 4.84. The molecule has 0 aliphatic rings. The van der Waals surface area contributed by atoms with Crippen LogP contribution in [0.1, 0.15) is 15.9 Å². The molecule has 0 aliphatic heterocycles. The minimum atomic E-state index is -3.27. The normalized spacial score (nSPS) is 11.4. The van der Waals surface area contributed by atoms with Gasteiger partial charge in [-0.3, -0.25) is 4.79 Å². The fourth-order valence-corrected chi connectivity index (χ4v) is 3.01. The summed E-state index contributed by atoms with van der Waals surface area (Å²) in [5.41, 5.74) is 0.983. The maximum atomic E-state index is 12.2. The van der Waals surface area contributed by atoms with E-state index < -0.39 is 9.84 Å². The Morgan fingerprint density at radius 2 is 1.52 bits per heavy atom. The van der Waals surface area contributed by atoms with Gasteiger partial charge < -0.3 is 0 Å². The number of ketones is 1. The summed E-state index contributed by atoms with van der Waals surface area (Å²) in [4.78, 5) is 12.4. The number of rotatable bonds is 4. The van der Waals surface area contributed by atoms with Gasteiger partial charge in [0.25, 0.3) is 0 Å². The number of hydrogen-bond acceptors (Lipinski definition) is 3. The van der Waals surface area contributed by atoms with E-state index in [-0.39, 0.29) is 17.1 Å². The molecule has 0 heterocycles. The van der Waals surface area contributed by atoms with Crippen LogP contribution in [0.2, 0.25) is 10.0 Å². The van der Waals surface area contributed by atoms with Crippen LogP contribution in [0.4, 0.5) is 0 Å². The first-order chi connectivity index (χ1) is 9.79. The van der Waals surface area contributed by atoms with Crippen molar-refractivity contribution in [3.05, 3.63) is 63.6 Å². The molecule has 2 rings (SSSR count). The Morgan fingerprint density at radius 1 is 1.00 bits per heavy atom. The summed E-state index contributed by atoms with van der Waals surface area (Å²) in [6.45, 7) is 0. The standard InChI is InChI=1S/C15H12Cl2O3S/c1-21(19,20)11-7-5-10(6-8-11)15(18)9-12-13(16)3-2-4-14(12)17/h2-8H,9H2,1H3. The van der Waals surface area contributed by atoms with Crippen LogP contribution in [0.5, 0.6) is 0 Å². The molecule has 6 heteroatoms. The van der Waals surface area contributed by atoms with Gasteiger partial charge in [0.05, 0.1) is 4.90 Å². The summed E-state index contributed by atoms with van der Waals surface area (Å²) < 4.78 is 22.7. The highest BCUT2D eigenvalue weighted by Crippen LogP contribution is 2.25. The van der Waals surface area contributed by atoms with Gasteiger partial charge in [0, 0.05) is 28.3 Å². The summed E-state index contributed by atoms with van der Waals surface area (Å²) in [7, 11) is -3.27. The van der Waals surface area contributed by atoms with E-state index in [0.717, 1.165) is 6.26 Å². The zero-order valence-electron chi connectivity index (χ0n) is 11.1. The lowest BCUT2D eigenvalue weighted by atomic mass is 10.0. The number of carbonyl (C=O) groups is 1. The van der Waals surface area contributed by atoms with Crippen LogP contribution in [0.15, 0.2) is 47.4 Å². The third-order valence-electron chi connectivity index (χ3n) is 3.00. The summed E-state index contributed by atoms with van der Waals surface area (Å²) >= 11 is 12.1. The maximum Gasteiger partial charge on any atom is 0.175 e. The molecule has 2 aromatic carbocycles. The SMILES string of the molecule is CS(=O)(=O)c1ccc(C(=O)Cc2c(Cl)cccc2Cl)cc1. The van der Waals surface area contributed by atoms with Crippen LogP contribution in [-0.4, -0.2) is 20.5 Å². The molecule has 0 saturated carbocycles. The Morgan fingerprint density at radius 3 is 2.00 bits per heavy atom. The molecule has 0 bridgehead atoms. The van der Waals surface area contributed by atoms with E-state index in [4.69, 9.17) is 23.2 Å². The molecule has 0 aromatic heterocycles. The second kappa shape index (κ2) is 6.18. The van der Waals surface area contributed by atoms with Crippen LogP contribution in [0.25, 0.3) is 0 Å². The average molecular weight is 343 g/mol. The molecule has 0 amide bonds. The van der Waals surface area contributed by atoms with Crippen molar-refractivity contribution in [3.63, 3.8) is 0 Å². The monoisotopic (exact) mass is 342 g/mol. The van der Waals surface area contributed by atoms with E-state index >= 15 is 0 Å². The molecule has 0 spiro atoms. The third kappa shape index (κ3) is 3.84. The predicted octanol–water partition coefficient (Wildman–Crippen LogP) is 3.82. The zero-order chi connectivity index (χ0) is 15.6. The van der Waals surface area contributed by atoms with Crippen LogP contribution in [-0.2, 0) is 16.3 Å². The first kappa shape index (κ1) is 16.0. The lowest BCUT2D eigenvalue weighted by Crippen LogP contribution is -2.05. The summed E-state index contributed by atoms with van der Waals surface area (Å²) in [5.74, 6) is -0.176. The van der Waals surface area contributed by atoms with Crippen molar-refractivity contribution in [3.8, 4) is 0 Å². The fraction of sp³-hybridized carbons (Fsp3) is 0.133. The maximum absolute atomic E-state index is 12.2. The smallest absolute Gasteiger partial charge is 0.175 e. The summed E-state index contributed by atoms with van der Waals surface area (Å²) in [5, 5.41) is 0.868. The first-order valence-electron chi connectivity index (χ1n) is 6.05. The number of benzene rings is 2. The van der Waals surface area contributed by atoms with E-state index in [9.17, 15) is 13.2 Å². The number of Topliss-reactive ketones (excluding diaryl/α,β-unsaturated/α-hetero) is 1. The van der Waals surface area contributed by atoms with Gasteiger partial charge in [-0.25, -0.2) is 8.42 Å². The van der Waals surface area contributed by atoms with Crippen molar-refractivity contribution in [2.75, 3.05) is 6.26 Å². The molecule has 0 atom stereocenters. The van der Waals surface area contributed by atoms with Crippen LogP contribution in [0, 0.1) is 0 Å². The van der Waals surface area contributed by atoms with Gasteiger partial charge in [0.2, 0.25) is 0 Å². The first-order valence-corrected chi connectivity index (χ1v) is 8.70. The van der Waals surface area contributed by atoms with Crippen LogP contribution in [0.3, 0.4) is 0 Å². The van der Waals surface area contributed by atoms with Gasteiger partial charge in [-0.1, -0.05) is 41.4 Å². The Kier molecular flexibility index (Phi) is 4.71. The molecule has 21 heavy (non-hydrogen) atoms. The summed E-state index contributed by atoms with van der Waals surface area (Å²) in [6.07, 6.45) is 1.18. The Balaban J connectivity index is 2.25. The number of halogens is 2. The molecule has 2 aromatic rings. The van der Waals surface area contributed by atoms with Gasteiger partial charge in [-0.15, -0.1) is 0 Å². The minimum absolute atomic E-state index is 0.0662. The van der Waals surface area contributed by atoms with E-state index in [2.05, 4.69) is 0 Å². The molecular formula is C15H12Cl2O3S. The lowest BCUT2D eigenvalue weighted by Gasteiger charge is -2.07. The molecule has 110 valence electrons. The van der Waals surface area contributed by atoms with Gasteiger partial charge in [-0.05, 0) is 29.8 Å². The average Bonchev–Trinajstić information content (AvgIpc) is 2.42. The Bertz CT molecular complexity index is 761. The molecule has 0 unspecified atom stereocenters. The van der Waals surface area contributed by atoms with Gasteiger partial charge >= 0.3 is 0 Å². The molecule has 0 fully saturated rings. The van der Waals surface area contributed by atoms with Crippen molar-refractivity contribution in [1.29, 1.82) is 0 Å². The number of hydrogen-bond donors (Lipinski definition) is 0. The molecule has 0 N–H and O–H groups in total. The number of sulfone groups is 1. The predicted molar refractivity (Wildman–Crippen MR) is 84.0 cm³/mol. The van der Waals surface area contributed by atoms with Crippen molar-refractivity contribution in [2.45, 2.75) is 11.3 Å². The Labute approximate surface area is 133 Å². The van der Waals surface area contributed by atoms with Crippen molar-refractivity contribution in [1.82, 2.24) is 0 Å². The van der Waals surface area contributed by atoms with Crippen LogP contribution >= 0.6 is 23.2 Å². The van der Waals surface area contributed by atoms with Crippen molar-refractivity contribution >= 4 is 38.8 Å². The van der Waals surface area contributed by atoms with Gasteiger partial charge in [-0.2, -0.15) is 0 Å². The second-order valence-electron chi connectivity index (χ2n) is 4.60. The topological polar surface area (TPSA) is 51.2 Å². The van der Waals surface area contributed by atoms with Crippen LogP contribution < -0.4 is 0 Å². The molecule has 3 nitrogen and oxygen atoms in total. The Hall–Kier alpha value is -1.36. The number of carbonyl (C=O) groups excluding carboxylic acids is 1. The molecule has 0 saturated heterocycles. The van der Waals surface area contributed by atoms with Crippen molar-refractivity contribution < 1.29 is 13.2 Å². The largest absolute Gasteiger partial charge is 0.294 e. The highest BCUT2D eigenvalue weighted by molar-refractivity contribution is 7.90. The van der Waals surface area contributed by atoms with E-state index in [0.29, 0.717) is 21.2 Å². The van der Waals surface area contributed by atoms with Crippen molar-refractivity contribution in [2.24, 2.45) is 0 Å². The fourth-order valence-electron chi connectivity index (χ4n) is 1.85. The van der Waals surface area contributed by atoms with E-state index in [1.807, 2.05) is 0 Å². The van der Waals surface area contributed by atoms with Gasteiger partial charge in [0.15, 0.2) is 15.6 Å². The molecule has 0 aliphatic carbocycles.